The Bertz CT molecular complexity index is 1400. The Morgan fingerprint density at radius 2 is 1.84 bits per heavy atom. The van der Waals surface area contributed by atoms with Crippen molar-refractivity contribution in [2.75, 3.05) is 6.61 Å². The van der Waals surface area contributed by atoms with Crippen molar-refractivity contribution in [3.05, 3.63) is 100 Å². The molecule has 0 spiro atoms. The molecule has 0 aliphatic carbocycles. The van der Waals surface area contributed by atoms with Crippen LogP contribution in [0, 0.1) is 13.7 Å². The number of amides is 2. The summed E-state index contributed by atoms with van der Waals surface area (Å²) in [6, 6.07) is 17.3. The number of carbonyl (C=O) groups excluding carboxylic acids is 2. The summed E-state index contributed by atoms with van der Waals surface area (Å²) < 4.78 is 13.7. The molecule has 0 unspecified atom stereocenters. The van der Waals surface area contributed by atoms with Crippen LogP contribution in [0.15, 0.2) is 70.0 Å². The third-order valence-corrected chi connectivity index (χ3v) is 7.50. The van der Waals surface area contributed by atoms with E-state index in [2.05, 4.69) is 38.5 Å². The molecule has 0 saturated carbocycles. The molecule has 11 heteroatoms. The first-order chi connectivity index (χ1) is 17.7. The maximum Gasteiger partial charge on any atom is 0.293 e. The number of nitrogens with zero attached hydrogens (tertiary/aromatic N) is 2. The first-order valence-corrected chi connectivity index (χ1v) is 13.8. The second kappa shape index (κ2) is 12.1. The van der Waals surface area contributed by atoms with E-state index in [1.165, 1.54) is 18.2 Å². The maximum absolute atomic E-state index is 13.0. The number of carbonyl (C=O) groups is 2. The van der Waals surface area contributed by atoms with Crippen LogP contribution in [0.2, 0.25) is 0 Å². The fraction of sp³-hybridized carbons (Fsp3) is 0.154. The smallest absolute Gasteiger partial charge is 0.293 e. The van der Waals surface area contributed by atoms with Gasteiger partial charge in [-0.1, -0.05) is 40.2 Å². The molecule has 190 valence electrons. The molecular weight excluding hydrogens is 675 g/mol. The number of nitro groups is 1. The minimum Gasteiger partial charge on any atom is -0.490 e. The zero-order valence-corrected chi connectivity index (χ0v) is 24.0. The molecule has 37 heavy (non-hydrogen) atoms. The van der Waals surface area contributed by atoms with Gasteiger partial charge in [0.2, 0.25) is 0 Å². The van der Waals surface area contributed by atoms with Crippen LogP contribution >= 0.6 is 50.3 Å². The molecule has 1 aliphatic rings. The largest absolute Gasteiger partial charge is 0.490 e. The molecule has 1 heterocycles. The van der Waals surface area contributed by atoms with Gasteiger partial charge in [-0.2, -0.15) is 0 Å². The molecule has 0 radical (unpaired) electrons. The van der Waals surface area contributed by atoms with Crippen LogP contribution in [0.1, 0.15) is 23.6 Å². The van der Waals surface area contributed by atoms with E-state index in [1.54, 1.807) is 18.2 Å². The number of nitro benzene ring substituents is 1. The van der Waals surface area contributed by atoms with Gasteiger partial charge < -0.3 is 9.47 Å². The van der Waals surface area contributed by atoms with Crippen molar-refractivity contribution >= 4 is 73.2 Å². The molecule has 1 saturated heterocycles. The minimum atomic E-state index is -0.513. The quantitative estimate of drug-likeness (QED) is 0.101. The van der Waals surface area contributed by atoms with Crippen molar-refractivity contribution in [3.8, 4) is 11.5 Å². The lowest BCUT2D eigenvalue weighted by Crippen LogP contribution is -2.27. The highest BCUT2D eigenvalue weighted by Gasteiger charge is 2.35. The lowest BCUT2D eigenvalue weighted by atomic mass is 10.1. The third kappa shape index (κ3) is 6.70. The van der Waals surface area contributed by atoms with E-state index in [9.17, 15) is 19.7 Å². The van der Waals surface area contributed by atoms with E-state index >= 15 is 0 Å². The van der Waals surface area contributed by atoms with Crippen LogP contribution in [0.3, 0.4) is 0 Å². The average Bonchev–Trinajstić information content (AvgIpc) is 3.12. The van der Waals surface area contributed by atoms with E-state index < -0.39 is 16.1 Å². The van der Waals surface area contributed by atoms with Crippen LogP contribution in [0.25, 0.3) is 6.08 Å². The van der Waals surface area contributed by atoms with E-state index in [0.29, 0.717) is 35.8 Å². The van der Waals surface area contributed by atoms with Crippen molar-refractivity contribution in [2.45, 2.75) is 20.1 Å². The summed E-state index contributed by atoms with van der Waals surface area (Å²) in [5, 5.41) is 10.6. The fourth-order valence-corrected chi connectivity index (χ4v) is 5.43. The average molecular weight is 695 g/mol. The molecule has 2 amide bonds. The number of imide groups is 1. The predicted octanol–water partition coefficient (Wildman–Crippen LogP) is 7.18. The van der Waals surface area contributed by atoms with Crippen molar-refractivity contribution < 1.29 is 24.0 Å². The zero-order valence-electron chi connectivity index (χ0n) is 19.5. The lowest BCUT2D eigenvalue weighted by Gasteiger charge is -2.15. The molecule has 1 fully saturated rings. The van der Waals surface area contributed by atoms with Gasteiger partial charge in [0.25, 0.3) is 16.8 Å². The maximum atomic E-state index is 13.0. The molecule has 3 aromatic rings. The van der Waals surface area contributed by atoms with Gasteiger partial charge in [0.05, 0.1) is 26.6 Å². The minimum absolute atomic E-state index is 0.0474. The summed E-state index contributed by atoms with van der Waals surface area (Å²) in [4.78, 5) is 37.5. The predicted molar refractivity (Wildman–Crippen MR) is 153 cm³/mol. The summed E-state index contributed by atoms with van der Waals surface area (Å²) >= 11 is 6.41. The SMILES string of the molecule is CCOc1cc(/C=C2/SC(=O)N(Cc3cccc([N+](=O)[O-])c3)C2=O)cc(I)c1OCc1ccc(Br)cc1. The summed E-state index contributed by atoms with van der Waals surface area (Å²) in [7, 11) is 0. The zero-order chi connectivity index (χ0) is 26.5. The van der Waals surface area contributed by atoms with Gasteiger partial charge in [0.15, 0.2) is 11.5 Å². The van der Waals surface area contributed by atoms with Crippen LogP contribution in [-0.2, 0) is 17.9 Å². The Hall–Kier alpha value is -2.90. The number of hydrogen-bond acceptors (Lipinski definition) is 7. The normalized spacial score (nSPS) is 14.4. The molecule has 8 nitrogen and oxygen atoms in total. The molecule has 0 atom stereocenters. The molecular formula is C26H20BrIN2O6S. The number of ether oxygens (including phenoxy) is 2. The van der Waals surface area contributed by atoms with Crippen LogP contribution in [0.5, 0.6) is 11.5 Å². The van der Waals surface area contributed by atoms with Crippen molar-refractivity contribution in [2.24, 2.45) is 0 Å². The van der Waals surface area contributed by atoms with E-state index in [4.69, 9.17) is 9.47 Å². The molecule has 1 aliphatic heterocycles. The summed E-state index contributed by atoms with van der Waals surface area (Å²) in [5.74, 6) is 0.680. The molecule has 4 rings (SSSR count). The first kappa shape index (κ1) is 27.1. The van der Waals surface area contributed by atoms with Gasteiger partial charge in [-0.05, 0) is 88.3 Å². The Balaban J connectivity index is 1.54. The molecule has 0 aromatic heterocycles. The van der Waals surface area contributed by atoms with Gasteiger partial charge in [-0.15, -0.1) is 0 Å². The molecule has 3 aromatic carbocycles. The highest BCUT2D eigenvalue weighted by atomic mass is 127. The van der Waals surface area contributed by atoms with E-state index in [0.717, 1.165) is 30.3 Å². The van der Waals surface area contributed by atoms with E-state index in [1.807, 2.05) is 37.3 Å². The number of benzene rings is 3. The Kier molecular flexibility index (Phi) is 8.87. The van der Waals surface area contributed by atoms with Gasteiger partial charge >= 0.3 is 0 Å². The van der Waals surface area contributed by atoms with Gasteiger partial charge in [0, 0.05) is 16.6 Å². The summed E-state index contributed by atoms with van der Waals surface area (Å²) in [5.41, 5.74) is 2.09. The Morgan fingerprint density at radius 3 is 2.54 bits per heavy atom. The number of rotatable bonds is 9. The fourth-order valence-electron chi connectivity index (χ4n) is 3.55. The topological polar surface area (TPSA) is 99.0 Å². The Labute approximate surface area is 239 Å². The molecule has 0 N–H and O–H groups in total. The van der Waals surface area contributed by atoms with Gasteiger partial charge in [-0.3, -0.25) is 24.6 Å². The number of halogens is 2. The highest BCUT2D eigenvalue weighted by Crippen LogP contribution is 2.38. The second-order valence-corrected chi connectivity index (χ2v) is 10.9. The van der Waals surface area contributed by atoms with Crippen LogP contribution < -0.4 is 9.47 Å². The number of hydrogen-bond donors (Lipinski definition) is 0. The van der Waals surface area contributed by atoms with Crippen LogP contribution in [0.4, 0.5) is 10.5 Å². The number of non-ortho nitro benzene ring substituents is 1. The second-order valence-electron chi connectivity index (χ2n) is 7.87. The highest BCUT2D eigenvalue weighted by molar-refractivity contribution is 14.1. The van der Waals surface area contributed by atoms with Crippen LogP contribution in [-0.4, -0.2) is 27.6 Å². The molecule has 0 bridgehead atoms. The van der Waals surface area contributed by atoms with Crippen molar-refractivity contribution in [3.63, 3.8) is 0 Å². The summed E-state index contributed by atoms with van der Waals surface area (Å²) in [6.45, 7) is 2.61. The van der Waals surface area contributed by atoms with Gasteiger partial charge in [0.1, 0.15) is 6.61 Å². The van der Waals surface area contributed by atoms with E-state index in [-0.39, 0.29) is 17.1 Å². The summed E-state index contributed by atoms with van der Waals surface area (Å²) in [6.07, 6.45) is 1.64. The number of thioether (sulfide) groups is 1. The van der Waals surface area contributed by atoms with Gasteiger partial charge in [-0.25, -0.2) is 0 Å². The monoisotopic (exact) mass is 694 g/mol. The first-order valence-electron chi connectivity index (χ1n) is 11.1. The van der Waals surface area contributed by atoms with Crippen molar-refractivity contribution in [1.82, 2.24) is 4.90 Å². The standard InChI is InChI=1S/C26H20BrIN2O6S/c1-2-35-22-12-18(11-21(28)24(22)36-15-16-6-8-19(27)9-7-16)13-23-25(31)29(26(32)37-23)14-17-4-3-5-20(10-17)30(33)34/h3-13H,2,14-15H2,1H3/b23-13+. The Morgan fingerprint density at radius 1 is 1.08 bits per heavy atom. The third-order valence-electron chi connectivity index (χ3n) is 5.26. The lowest BCUT2D eigenvalue weighted by molar-refractivity contribution is -0.384. The van der Waals surface area contributed by atoms with Crippen molar-refractivity contribution in [1.29, 1.82) is 0 Å².